The largest absolute Gasteiger partial charge is 0.345 e. The van der Waals surface area contributed by atoms with Gasteiger partial charge >= 0.3 is 0 Å². The molecule has 8 rings (SSSR count). The fraction of sp³-hybridized carbons (Fsp3) is 0.250. The molecule has 0 N–H and O–H groups in total. The molecule has 0 aliphatic heterocycles. The number of hydrogen-bond acceptors (Lipinski definition) is 1. The van der Waals surface area contributed by atoms with Crippen molar-refractivity contribution in [2.75, 3.05) is 11.9 Å². The fourth-order valence-corrected chi connectivity index (χ4v) is 9.26. The minimum absolute atomic E-state index is 0.0797. The molecule has 0 unspecified atom stereocenters. The van der Waals surface area contributed by atoms with E-state index in [9.17, 15) is 0 Å². The minimum atomic E-state index is 0.0797. The molecule has 0 fully saturated rings. The third-order valence-electron chi connectivity index (χ3n) is 12.5. The van der Waals surface area contributed by atoms with E-state index in [1.165, 1.54) is 136 Å². The average Bonchev–Trinajstić information content (AvgIpc) is 3.54. The Kier molecular flexibility index (Phi) is 11.6. The third-order valence-corrected chi connectivity index (χ3v) is 12.5. The maximum Gasteiger partial charge on any atom is 0.0411 e. The average molecular weight is 744 g/mol. The van der Waals surface area contributed by atoms with E-state index in [0.29, 0.717) is 0 Å². The first-order valence-corrected chi connectivity index (χ1v) is 21.4. The van der Waals surface area contributed by atoms with Crippen molar-refractivity contribution in [2.24, 2.45) is 0 Å². The molecule has 0 aromatic heterocycles. The quantitative estimate of drug-likeness (QED) is 0.0945. The highest BCUT2D eigenvalue weighted by Crippen LogP contribution is 2.55. The lowest BCUT2D eigenvalue weighted by Gasteiger charge is -2.33. The Hall–Kier alpha value is -5.66. The second-order valence-electron chi connectivity index (χ2n) is 16.3. The molecule has 7 aromatic carbocycles. The molecule has 0 radical (unpaired) electrons. The van der Waals surface area contributed by atoms with E-state index in [-0.39, 0.29) is 5.41 Å². The van der Waals surface area contributed by atoms with Crippen molar-refractivity contribution < 1.29 is 0 Å². The van der Waals surface area contributed by atoms with Gasteiger partial charge < -0.3 is 4.90 Å². The van der Waals surface area contributed by atoms with Crippen LogP contribution in [0.2, 0.25) is 0 Å². The first kappa shape index (κ1) is 38.2. The number of nitrogens with zero attached hydrogens (tertiary/aromatic N) is 1. The summed E-state index contributed by atoms with van der Waals surface area (Å²) in [7, 11) is 2.23. The summed E-state index contributed by atoms with van der Waals surface area (Å²) in [6.45, 7) is 6.80. The van der Waals surface area contributed by atoms with Crippen LogP contribution in [0.3, 0.4) is 0 Å². The van der Waals surface area contributed by atoms with Crippen molar-refractivity contribution in [3.63, 3.8) is 0 Å². The molecule has 0 spiro atoms. The van der Waals surface area contributed by atoms with E-state index >= 15 is 0 Å². The van der Waals surface area contributed by atoms with Crippen molar-refractivity contribution in [1.82, 2.24) is 0 Å². The monoisotopic (exact) mass is 743 g/mol. The summed E-state index contributed by atoms with van der Waals surface area (Å²) < 4.78 is 0. The van der Waals surface area contributed by atoms with Crippen molar-refractivity contribution in [1.29, 1.82) is 0 Å². The molecule has 0 saturated carbocycles. The first-order chi connectivity index (χ1) is 28.0. The van der Waals surface area contributed by atoms with E-state index in [1.54, 1.807) is 5.56 Å². The van der Waals surface area contributed by atoms with Crippen molar-refractivity contribution >= 4 is 11.4 Å². The second kappa shape index (κ2) is 17.2. The van der Waals surface area contributed by atoms with E-state index in [1.807, 2.05) is 0 Å². The van der Waals surface area contributed by atoms with Crippen LogP contribution in [-0.2, 0) is 5.41 Å². The number of anilines is 2. The molecule has 0 amide bonds. The summed E-state index contributed by atoms with van der Waals surface area (Å²) in [4.78, 5) is 2.38. The third kappa shape index (κ3) is 7.99. The molecule has 0 saturated heterocycles. The summed E-state index contributed by atoms with van der Waals surface area (Å²) in [5, 5.41) is 0. The van der Waals surface area contributed by atoms with Crippen LogP contribution >= 0.6 is 0 Å². The van der Waals surface area contributed by atoms with Gasteiger partial charge in [0.2, 0.25) is 0 Å². The Labute approximate surface area is 342 Å². The number of unbranched alkanes of at least 4 members (excludes halogenated alkanes) is 5. The predicted octanol–water partition coefficient (Wildman–Crippen LogP) is 16.2. The predicted molar refractivity (Wildman–Crippen MR) is 247 cm³/mol. The first-order valence-electron chi connectivity index (χ1n) is 21.4. The molecular weight excluding hydrogens is 687 g/mol. The van der Waals surface area contributed by atoms with Gasteiger partial charge in [0.1, 0.15) is 0 Å². The molecule has 1 heteroatoms. The second-order valence-corrected chi connectivity index (χ2v) is 16.3. The Balaban J connectivity index is 1.13. The Morgan fingerprint density at radius 2 is 0.877 bits per heavy atom. The highest BCUT2D eigenvalue weighted by atomic mass is 15.1. The van der Waals surface area contributed by atoms with Crippen LogP contribution in [0, 0.1) is 6.92 Å². The Morgan fingerprint density at radius 1 is 0.386 bits per heavy atom. The standard InChI is InChI=1S/C56H57N/c1-5-7-9-16-35-56(34-15-8-6-2)54-23-14-13-22-52(54)53-33-32-51(40-55(53)56)57(4)50-30-28-44(29-31-50)48-37-47(43-26-24-41(3)25-27-43)38-49(39-48)46-21-17-20-45(36-46)42-18-11-10-12-19-42/h10-14,17-33,36-40H,5-9,15-16,34-35H2,1-4H3/t56-/m0/s1. The number of aryl methyl sites for hydroxylation is 1. The van der Waals surface area contributed by atoms with E-state index in [0.717, 1.165) is 0 Å². The lowest BCUT2D eigenvalue weighted by molar-refractivity contribution is 0.403. The van der Waals surface area contributed by atoms with E-state index in [2.05, 4.69) is 197 Å². The molecule has 1 aliphatic rings. The van der Waals surface area contributed by atoms with Crippen molar-refractivity contribution in [2.45, 2.75) is 84.0 Å². The van der Waals surface area contributed by atoms with Crippen LogP contribution in [0.1, 0.15) is 88.3 Å². The van der Waals surface area contributed by atoms with Crippen LogP contribution in [0.25, 0.3) is 55.6 Å². The van der Waals surface area contributed by atoms with Gasteiger partial charge in [0, 0.05) is 23.8 Å². The minimum Gasteiger partial charge on any atom is -0.345 e. The summed E-state index contributed by atoms with van der Waals surface area (Å²) in [5.41, 5.74) is 19.6. The van der Waals surface area contributed by atoms with Crippen LogP contribution in [0.5, 0.6) is 0 Å². The lowest BCUT2D eigenvalue weighted by atomic mass is 9.70. The molecule has 1 aliphatic carbocycles. The fourth-order valence-electron chi connectivity index (χ4n) is 9.26. The van der Waals surface area contributed by atoms with Gasteiger partial charge in [-0.15, -0.1) is 0 Å². The zero-order valence-corrected chi connectivity index (χ0v) is 34.4. The van der Waals surface area contributed by atoms with E-state index in [4.69, 9.17) is 0 Å². The number of rotatable bonds is 15. The van der Waals surface area contributed by atoms with Crippen LogP contribution in [-0.4, -0.2) is 7.05 Å². The van der Waals surface area contributed by atoms with Crippen LogP contribution in [0.4, 0.5) is 11.4 Å². The summed E-state index contributed by atoms with van der Waals surface area (Å²) in [6.07, 6.45) is 11.4. The molecular formula is C56H57N. The SMILES string of the molecule is CCCCCC[C@@]1(CCCCC)c2ccccc2-c2ccc(N(C)c3ccc(-c4cc(-c5ccc(C)cc5)cc(-c5cccc(-c6ccccc6)c5)c4)cc3)cc21. The van der Waals surface area contributed by atoms with Gasteiger partial charge in [0.15, 0.2) is 0 Å². The van der Waals surface area contributed by atoms with Gasteiger partial charge in [-0.25, -0.2) is 0 Å². The number of hydrogen-bond donors (Lipinski definition) is 0. The zero-order chi connectivity index (χ0) is 39.2. The molecule has 7 aromatic rings. The van der Waals surface area contributed by atoms with Gasteiger partial charge in [0.05, 0.1) is 0 Å². The van der Waals surface area contributed by atoms with Gasteiger partial charge in [0.25, 0.3) is 0 Å². The van der Waals surface area contributed by atoms with Gasteiger partial charge in [-0.3, -0.25) is 0 Å². The molecule has 1 nitrogen and oxygen atoms in total. The molecule has 286 valence electrons. The number of benzene rings is 7. The van der Waals surface area contributed by atoms with Gasteiger partial charge in [-0.1, -0.05) is 180 Å². The smallest absolute Gasteiger partial charge is 0.0411 e. The van der Waals surface area contributed by atoms with Crippen molar-refractivity contribution in [3.05, 3.63) is 180 Å². The highest BCUT2D eigenvalue weighted by Gasteiger charge is 2.42. The summed E-state index contributed by atoms with van der Waals surface area (Å²) >= 11 is 0. The molecule has 0 heterocycles. The van der Waals surface area contributed by atoms with Crippen LogP contribution < -0.4 is 4.90 Å². The maximum absolute atomic E-state index is 2.54. The van der Waals surface area contributed by atoms with Gasteiger partial charge in [-0.2, -0.15) is 0 Å². The van der Waals surface area contributed by atoms with Gasteiger partial charge in [-0.05, 0) is 135 Å². The maximum atomic E-state index is 2.54. The van der Waals surface area contributed by atoms with Crippen LogP contribution in [0.15, 0.2) is 164 Å². The summed E-state index contributed by atoms with van der Waals surface area (Å²) in [5.74, 6) is 0. The lowest BCUT2D eigenvalue weighted by Crippen LogP contribution is -2.26. The summed E-state index contributed by atoms with van der Waals surface area (Å²) in [6, 6.07) is 61.4. The zero-order valence-electron chi connectivity index (χ0n) is 34.4. The Morgan fingerprint density at radius 3 is 1.56 bits per heavy atom. The number of fused-ring (bicyclic) bond motifs is 3. The normalized spacial score (nSPS) is 14.3. The molecule has 1 atom stereocenters. The topological polar surface area (TPSA) is 3.24 Å². The molecule has 57 heavy (non-hydrogen) atoms. The highest BCUT2D eigenvalue weighted by molar-refractivity contribution is 5.85. The van der Waals surface area contributed by atoms with E-state index < -0.39 is 0 Å². The Bertz CT molecular complexity index is 2420. The molecule has 0 bridgehead atoms. The van der Waals surface area contributed by atoms with Crippen molar-refractivity contribution in [3.8, 4) is 55.6 Å².